The average Bonchev–Trinajstić information content (AvgIpc) is 2.84. The van der Waals surface area contributed by atoms with Gasteiger partial charge in [0.25, 0.3) is 0 Å². The van der Waals surface area contributed by atoms with Crippen molar-refractivity contribution in [1.29, 1.82) is 0 Å². The number of hydrogen-bond donors (Lipinski definition) is 0. The molecular weight excluding hydrogens is 326 g/mol. The fourth-order valence-electron chi connectivity index (χ4n) is 2.17. The molecule has 2 heterocycles. The molecule has 1 aliphatic heterocycles. The van der Waals surface area contributed by atoms with Gasteiger partial charge in [0.1, 0.15) is 5.60 Å². The van der Waals surface area contributed by atoms with Crippen LogP contribution in [-0.4, -0.2) is 48.2 Å². The van der Waals surface area contributed by atoms with E-state index < -0.39 is 11.7 Å². The smallest absolute Gasteiger partial charge is 0.410 e. The molecule has 1 unspecified atom stereocenters. The highest BCUT2D eigenvalue weighted by Gasteiger charge is 2.32. The van der Waals surface area contributed by atoms with E-state index in [1.807, 2.05) is 20.8 Å². The third kappa shape index (κ3) is 4.69. The second kappa shape index (κ2) is 6.98. The number of ketones is 1. The summed E-state index contributed by atoms with van der Waals surface area (Å²) in [5, 5.41) is 1.73. The second-order valence-corrected chi connectivity index (χ2v) is 7.71. The van der Waals surface area contributed by atoms with Crippen molar-refractivity contribution in [2.45, 2.75) is 38.8 Å². The van der Waals surface area contributed by atoms with Crippen LogP contribution in [0.1, 0.15) is 37.6 Å². The number of carbonyl (C=O) groups excluding carboxylic acids is 2. The van der Waals surface area contributed by atoms with Crippen LogP contribution in [-0.2, 0) is 9.47 Å². The molecule has 1 saturated heterocycles. The van der Waals surface area contributed by atoms with Crippen molar-refractivity contribution >= 4 is 34.8 Å². The van der Waals surface area contributed by atoms with E-state index in [9.17, 15) is 9.59 Å². The largest absolute Gasteiger partial charge is 0.444 e. The van der Waals surface area contributed by atoms with Crippen LogP contribution in [0, 0.1) is 0 Å². The molecule has 22 heavy (non-hydrogen) atoms. The Labute approximate surface area is 139 Å². The lowest BCUT2D eigenvalue weighted by atomic mass is 10.0. The van der Waals surface area contributed by atoms with Gasteiger partial charge in [-0.3, -0.25) is 4.79 Å². The lowest BCUT2D eigenvalue weighted by Crippen LogP contribution is -2.51. The monoisotopic (exact) mass is 345 g/mol. The van der Waals surface area contributed by atoms with Crippen molar-refractivity contribution in [2.75, 3.05) is 19.8 Å². The molecule has 1 atom stereocenters. The van der Waals surface area contributed by atoms with E-state index >= 15 is 0 Å². The van der Waals surface area contributed by atoms with Crippen LogP contribution < -0.4 is 0 Å². The third-order valence-corrected chi connectivity index (χ3v) is 4.26. The second-order valence-electron chi connectivity index (χ2n) is 6.17. The average molecular weight is 346 g/mol. The summed E-state index contributed by atoms with van der Waals surface area (Å²) in [7, 11) is 0. The van der Waals surface area contributed by atoms with Crippen LogP contribution in [0.5, 0.6) is 0 Å². The van der Waals surface area contributed by atoms with Crippen LogP contribution in [0.3, 0.4) is 0 Å². The summed E-state index contributed by atoms with van der Waals surface area (Å²) >= 11 is 7.17. The molecule has 0 aromatic carbocycles. The van der Waals surface area contributed by atoms with E-state index in [0.717, 1.165) is 0 Å². The zero-order chi connectivity index (χ0) is 16.3. The maximum absolute atomic E-state index is 12.3. The van der Waals surface area contributed by atoms with Crippen molar-refractivity contribution in [1.82, 2.24) is 4.90 Å². The number of hydrogen-bond acceptors (Lipinski definition) is 5. The van der Waals surface area contributed by atoms with Gasteiger partial charge in [-0.2, -0.15) is 0 Å². The van der Waals surface area contributed by atoms with E-state index in [-0.39, 0.29) is 18.2 Å². The molecule has 0 aliphatic carbocycles. The number of carbonyl (C=O) groups is 2. The molecule has 0 bridgehead atoms. The van der Waals surface area contributed by atoms with Gasteiger partial charge < -0.3 is 14.4 Å². The van der Waals surface area contributed by atoms with Crippen LogP contribution in [0.4, 0.5) is 4.79 Å². The van der Waals surface area contributed by atoms with Gasteiger partial charge in [-0.1, -0.05) is 11.6 Å². The minimum Gasteiger partial charge on any atom is -0.444 e. The number of rotatable bonds is 3. The summed E-state index contributed by atoms with van der Waals surface area (Å²) in [6, 6.07) is 1.34. The Morgan fingerprint density at radius 1 is 1.50 bits per heavy atom. The number of nitrogens with zero attached hydrogens (tertiary/aromatic N) is 1. The minimum absolute atomic E-state index is 0.0489. The summed E-state index contributed by atoms with van der Waals surface area (Å²) in [5.74, 6) is -0.0489. The molecule has 2 rings (SSSR count). The number of ether oxygens (including phenoxy) is 2. The summed E-state index contributed by atoms with van der Waals surface area (Å²) in [6.07, 6.45) is -0.205. The van der Waals surface area contributed by atoms with Gasteiger partial charge in [-0.25, -0.2) is 4.79 Å². The summed E-state index contributed by atoms with van der Waals surface area (Å²) in [4.78, 5) is 26.1. The first kappa shape index (κ1) is 17.2. The van der Waals surface area contributed by atoms with Gasteiger partial charge in [-0.15, -0.1) is 11.3 Å². The maximum Gasteiger partial charge on any atom is 0.410 e. The zero-order valence-corrected chi connectivity index (χ0v) is 14.5. The Bertz CT molecular complexity index is 552. The van der Waals surface area contributed by atoms with Gasteiger partial charge in [-0.05, 0) is 26.8 Å². The van der Waals surface area contributed by atoms with Gasteiger partial charge >= 0.3 is 6.09 Å². The molecule has 122 valence electrons. The molecule has 1 amide bonds. The Hall–Kier alpha value is -1.11. The van der Waals surface area contributed by atoms with Crippen LogP contribution in [0.2, 0.25) is 4.34 Å². The zero-order valence-electron chi connectivity index (χ0n) is 12.9. The Kier molecular flexibility index (Phi) is 5.47. The Morgan fingerprint density at radius 2 is 2.23 bits per heavy atom. The fraction of sp³-hybridized carbons (Fsp3) is 0.600. The number of halogens is 1. The highest BCUT2D eigenvalue weighted by atomic mass is 35.5. The van der Waals surface area contributed by atoms with Crippen LogP contribution in [0.25, 0.3) is 0 Å². The molecule has 5 nitrogen and oxygen atoms in total. The van der Waals surface area contributed by atoms with E-state index in [2.05, 4.69) is 0 Å². The number of morpholine rings is 1. The molecule has 0 radical (unpaired) electrons. The first-order valence-corrected chi connectivity index (χ1v) is 8.36. The molecule has 7 heteroatoms. The normalized spacial score (nSPS) is 19.1. The van der Waals surface area contributed by atoms with Gasteiger partial charge in [0.05, 0.1) is 23.6 Å². The number of Topliss-reactive ketones (excluding diaryl/α,β-unsaturated/α-hetero) is 1. The first-order chi connectivity index (χ1) is 10.3. The van der Waals surface area contributed by atoms with E-state index in [1.54, 1.807) is 16.3 Å². The topological polar surface area (TPSA) is 55.8 Å². The molecule has 1 aromatic heterocycles. The van der Waals surface area contributed by atoms with Gasteiger partial charge in [0.2, 0.25) is 0 Å². The minimum atomic E-state index is -0.565. The lowest BCUT2D eigenvalue weighted by Gasteiger charge is -2.36. The molecule has 1 aliphatic rings. The lowest BCUT2D eigenvalue weighted by molar-refractivity contribution is -0.0322. The molecule has 0 spiro atoms. The molecule has 0 N–H and O–H groups in total. The standard InChI is InChI=1S/C15H20ClNO4S/c1-15(2,3)21-14(19)17-4-5-20-8-11(17)7-12(18)10-6-13(16)22-9-10/h6,9,11H,4-5,7-8H2,1-3H3. The SMILES string of the molecule is CC(C)(C)OC(=O)N1CCOCC1CC(=O)c1csc(Cl)c1. The van der Waals surface area contributed by atoms with E-state index in [1.165, 1.54) is 11.3 Å². The predicted molar refractivity (Wildman–Crippen MR) is 85.8 cm³/mol. The van der Waals surface area contributed by atoms with Crippen LogP contribution >= 0.6 is 22.9 Å². The van der Waals surface area contributed by atoms with Crippen molar-refractivity contribution in [3.8, 4) is 0 Å². The summed E-state index contributed by atoms with van der Waals surface area (Å²) < 4.78 is 11.4. The van der Waals surface area contributed by atoms with Crippen molar-refractivity contribution < 1.29 is 19.1 Å². The summed E-state index contributed by atoms with van der Waals surface area (Å²) in [5.41, 5.74) is 0.00915. The van der Waals surface area contributed by atoms with Crippen molar-refractivity contribution in [3.63, 3.8) is 0 Å². The first-order valence-electron chi connectivity index (χ1n) is 7.11. The van der Waals surface area contributed by atoms with Crippen molar-refractivity contribution in [2.24, 2.45) is 0 Å². The number of thiophene rings is 1. The highest BCUT2D eigenvalue weighted by molar-refractivity contribution is 7.14. The summed E-state index contributed by atoms with van der Waals surface area (Å²) in [6.45, 7) is 6.67. The predicted octanol–water partition coefficient (Wildman–Crippen LogP) is 3.61. The molecule has 0 saturated carbocycles. The van der Waals surface area contributed by atoms with Gasteiger partial charge in [0.15, 0.2) is 5.78 Å². The van der Waals surface area contributed by atoms with E-state index in [4.69, 9.17) is 21.1 Å². The Morgan fingerprint density at radius 3 is 2.82 bits per heavy atom. The van der Waals surface area contributed by atoms with Gasteiger partial charge in [0, 0.05) is 23.9 Å². The quantitative estimate of drug-likeness (QED) is 0.785. The fourth-order valence-corrected chi connectivity index (χ4v) is 3.06. The van der Waals surface area contributed by atoms with Crippen molar-refractivity contribution in [3.05, 3.63) is 21.3 Å². The molecular formula is C15H20ClNO4S. The molecule has 1 fully saturated rings. The highest BCUT2D eigenvalue weighted by Crippen LogP contribution is 2.23. The maximum atomic E-state index is 12.3. The third-order valence-electron chi connectivity index (χ3n) is 3.17. The van der Waals surface area contributed by atoms with E-state index in [0.29, 0.717) is 29.7 Å². The Balaban J connectivity index is 2.03. The van der Waals surface area contributed by atoms with Crippen LogP contribution in [0.15, 0.2) is 11.4 Å². The number of amides is 1. The molecule has 1 aromatic rings.